The first-order chi connectivity index (χ1) is 18.1. The Balaban J connectivity index is 1.18. The molecule has 0 amide bonds. The second-order valence-corrected chi connectivity index (χ2v) is 8.62. The molecule has 5 aromatic rings. The average Bonchev–Trinajstić information content (AvgIpc) is 3.33. The van der Waals surface area contributed by atoms with E-state index in [9.17, 15) is 9.90 Å². The Morgan fingerprint density at radius 3 is 2.46 bits per heavy atom. The van der Waals surface area contributed by atoms with Crippen LogP contribution in [0.25, 0.3) is 27.8 Å². The molecular formula is C32H25NO4. The van der Waals surface area contributed by atoms with Crippen LogP contribution in [0.15, 0.2) is 103 Å². The van der Waals surface area contributed by atoms with Crippen molar-refractivity contribution in [2.75, 3.05) is 6.61 Å². The van der Waals surface area contributed by atoms with Crippen LogP contribution in [0.4, 0.5) is 0 Å². The Labute approximate surface area is 215 Å². The number of hydrogen-bond donors (Lipinski definition) is 1. The number of carboxylic acid groups (broad SMARTS) is 1. The highest BCUT2D eigenvalue weighted by Gasteiger charge is 2.11. The number of nitrogens with zero attached hydrogens (tertiary/aromatic N) is 1. The van der Waals surface area contributed by atoms with Crippen molar-refractivity contribution >= 4 is 33.7 Å². The molecule has 0 aliphatic heterocycles. The van der Waals surface area contributed by atoms with Gasteiger partial charge < -0.3 is 19.1 Å². The van der Waals surface area contributed by atoms with Gasteiger partial charge >= 0.3 is 5.97 Å². The fraction of sp³-hybridized carbons (Fsp3) is 0.0938. The third kappa shape index (κ3) is 5.66. The van der Waals surface area contributed by atoms with E-state index in [4.69, 9.17) is 15.9 Å². The fourth-order valence-electron chi connectivity index (χ4n) is 4.21. The number of aromatic nitrogens is 1. The maximum atomic E-state index is 11.8. The molecule has 1 heterocycles. The van der Waals surface area contributed by atoms with Gasteiger partial charge in [-0.15, -0.1) is 6.42 Å². The molecule has 0 fully saturated rings. The quantitative estimate of drug-likeness (QED) is 0.108. The monoisotopic (exact) mass is 487 g/mol. The summed E-state index contributed by atoms with van der Waals surface area (Å²) in [6.07, 6.45) is 9.89. The van der Waals surface area contributed by atoms with Crippen molar-refractivity contribution in [2.45, 2.75) is 13.0 Å². The van der Waals surface area contributed by atoms with E-state index in [0.717, 1.165) is 46.0 Å². The van der Waals surface area contributed by atoms with Gasteiger partial charge in [0.05, 0.1) is 6.61 Å². The van der Waals surface area contributed by atoms with Gasteiger partial charge in [0.25, 0.3) is 0 Å². The number of aliphatic carboxylic acids is 1. The molecule has 5 nitrogen and oxygen atoms in total. The van der Waals surface area contributed by atoms with Crippen LogP contribution in [-0.4, -0.2) is 22.2 Å². The van der Waals surface area contributed by atoms with Crippen LogP contribution >= 0.6 is 0 Å². The Bertz CT molecular complexity index is 1640. The van der Waals surface area contributed by atoms with Crippen LogP contribution in [0, 0.1) is 12.3 Å². The first kappa shape index (κ1) is 23.8. The average molecular weight is 488 g/mol. The van der Waals surface area contributed by atoms with Crippen molar-refractivity contribution in [3.8, 4) is 23.8 Å². The number of aryl methyl sites for hydroxylation is 1. The molecule has 37 heavy (non-hydrogen) atoms. The topological polar surface area (TPSA) is 60.7 Å². The van der Waals surface area contributed by atoms with Crippen molar-refractivity contribution in [3.63, 3.8) is 0 Å². The number of hydrogen-bond acceptors (Lipinski definition) is 3. The SMILES string of the molecule is C#Cc1ccc2c(ccn2CCCOc2ccc(/C=C(\Oc3ccc4ccccc4c3)C(=O)O)cc2)c1. The molecular weight excluding hydrogens is 462 g/mol. The molecule has 0 aliphatic rings. The van der Waals surface area contributed by atoms with Crippen LogP contribution in [0.5, 0.6) is 11.5 Å². The summed E-state index contributed by atoms with van der Waals surface area (Å²) in [4.78, 5) is 11.8. The zero-order valence-electron chi connectivity index (χ0n) is 20.1. The van der Waals surface area contributed by atoms with Crippen LogP contribution in [0.1, 0.15) is 17.5 Å². The van der Waals surface area contributed by atoms with Gasteiger partial charge in [0.15, 0.2) is 0 Å². The van der Waals surface area contributed by atoms with Gasteiger partial charge in [-0.1, -0.05) is 48.4 Å². The van der Waals surface area contributed by atoms with Gasteiger partial charge in [0.2, 0.25) is 5.76 Å². The summed E-state index contributed by atoms with van der Waals surface area (Å²) >= 11 is 0. The van der Waals surface area contributed by atoms with Gasteiger partial charge in [-0.05, 0) is 77.4 Å². The molecule has 0 aliphatic carbocycles. The fourth-order valence-corrected chi connectivity index (χ4v) is 4.21. The highest BCUT2D eigenvalue weighted by atomic mass is 16.5. The van der Waals surface area contributed by atoms with Crippen molar-refractivity contribution in [1.82, 2.24) is 4.57 Å². The maximum Gasteiger partial charge on any atom is 0.371 e. The summed E-state index contributed by atoms with van der Waals surface area (Å²) in [6.45, 7) is 1.39. The Morgan fingerprint density at radius 1 is 0.892 bits per heavy atom. The molecule has 0 spiro atoms. The van der Waals surface area contributed by atoms with Crippen molar-refractivity contribution in [1.29, 1.82) is 0 Å². The second-order valence-electron chi connectivity index (χ2n) is 8.62. The number of rotatable bonds is 9. The van der Waals surface area contributed by atoms with Crippen molar-refractivity contribution < 1.29 is 19.4 Å². The summed E-state index contributed by atoms with van der Waals surface area (Å²) in [7, 11) is 0. The molecule has 0 unspecified atom stereocenters. The van der Waals surface area contributed by atoms with Gasteiger partial charge in [-0.25, -0.2) is 4.79 Å². The molecule has 0 radical (unpaired) electrons. The van der Waals surface area contributed by atoms with E-state index in [1.807, 2.05) is 78.9 Å². The predicted octanol–water partition coefficient (Wildman–Crippen LogP) is 6.75. The van der Waals surface area contributed by atoms with E-state index in [0.29, 0.717) is 17.9 Å². The van der Waals surface area contributed by atoms with E-state index in [2.05, 4.69) is 22.8 Å². The molecule has 1 N–H and O–H groups in total. The summed E-state index contributed by atoms with van der Waals surface area (Å²) in [6, 6.07) is 28.7. The molecule has 1 aromatic heterocycles. The Kier molecular flexibility index (Phi) is 6.91. The van der Waals surface area contributed by atoms with Crippen LogP contribution in [-0.2, 0) is 11.3 Å². The summed E-state index contributed by atoms with van der Waals surface area (Å²) < 4.78 is 13.8. The molecule has 5 heteroatoms. The molecule has 0 saturated heterocycles. The van der Waals surface area contributed by atoms with E-state index >= 15 is 0 Å². The molecule has 0 saturated carbocycles. The Morgan fingerprint density at radius 2 is 1.68 bits per heavy atom. The summed E-state index contributed by atoms with van der Waals surface area (Å²) in [5.41, 5.74) is 2.73. The predicted molar refractivity (Wildman–Crippen MR) is 147 cm³/mol. The minimum Gasteiger partial charge on any atom is -0.494 e. The zero-order chi connectivity index (χ0) is 25.6. The van der Waals surface area contributed by atoms with Gasteiger partial charge in [-0.3, -0.25) is 0 Å². The van der Waals surface area contributed by atoms with Gasteiger partial charge in [0, 0.05) is 29.2 Å². The van der Waals surface area contributed by atoms with Crippen molar-refractivity contribution in [2.24, 2.45) is 0 Å². The number of benzene rings is 4. The highest BCUT2D eigenvalue weighted by Crippen LogP contribution is 2.24. The molecule has 0 bridgehead atoms. The first-order valence-corrected chi connectivity index (χ1v) is 12.0. The minimum atomic E-state index is -1.14. The lowest BCUT2D eigenvalue weighted by Gasteiger charge is -2.09. The minimum absolute atomic E-state index is 0.155. The van der Waals surface area contributed by atoms with Crippen LogP contribution < -0.4 is 9.47 Å². The standard InChI is InChI=1S/C32H25NO4/c1-2-23-10-15-30-27(20-23)16-18-33(30)17-5-19-36-28-12-8-24(9-13-28)21-31(32(34)35)37-29-14-11-25-6-3-4-7-26(25)22-29/h1,3-4,6-16,18,20-22H,5,17,19H2,(H,34,35)/b31-21-. The van der Waals surface area contributed by atoms with Crippen LogP contribution in [0.3, 0.4) is 0 Å². The molecule has 0 atom stereocenters. The van der Waals surface area contributed by atoms with Crippen molar-refractivity contribution in [3.05, 3.63) is 114 Å². The zero-order valence-corrected chi connectivity index (χ0v) is 20.1. The first-order valence-electron chi connectivity index (χ1n) is 12.0. The number of terminal acetylenes is 1. The Hall–Kier alpha value is -4.95. The molecule has 5 rings (SSSR count). The highest BCUT2D eigenvalue weighted by molar-refractivity contribution is 5.91. The third-order valence-electron chi connectivity index (χ3n) is 6.09. The number of fused-ring (bicyclic) bond motifs is 2. The van der Waals surface area contributed by atoms with E-state index in [-0.39, 0.29) is 5.76 Å². The van der Waals surface area contributed by atoms with E-state index in [1.165, 1.54) is 6.08 Å². The van der Waals surface area contributed by atoms with E-state index < -0.39 is 5.97 Å². The third-order valence-corrected chi connectivity index (χ3v) is 6.09. The maximum absolute atomic E-state index is 11.8. The smallest absolute Gasteiger partial charge is 0.371 e. The number of ether oxygens (including phenoxy) is 2. The van der Waals surface area contributed by atoms with Gasteiger partial charge in [0.1, 0.15) is 11.5 Å². The largest absolute Gasteiger partial charge is 0.494 e. The molecule has 4 aromatic carbocycles. The summed E-state index contributed by atoms with van der Waals surface area (Å²) in [5.74, 6) is 2.57. The second kappa shape index (κ2) is 10.8. The lowest BCUT2D eigenvalue weighted by Crippen LogP contribution is -2.07. The normalized spacial score (nSPS) is 11.4. The number of carboxylic acids is 1. The van der Waals surface area contributed by atoms with Gasteiger partial charge in [-0.2, -0.15) is 0 Å². The lowest BCUT2D eigenvalue weighted by atomic mass is 10.1. The molecule has 182 valence electrons. The van der Waals surface area contributed by atoms with Crippen LogP contribution in [0.2, 0.25) is 0 Å². The summed E-state index contributed by atoms with van der Waals surface area (Å²) in [5, 5.41) is 12.8. The lowest BCUT2D eigenvalue weighted by molar-refractivity contribution is -0.134. The number of carbonyl (C=O) groups is 1. The van der Waals surface area contributed by atoms with E-state index in [1.54, 1.807) is 6.07 Å².